The number of nitrogens with zero attached hydrogens (tertiary/aromatic N) is 4. The number of aromatic nitrogens is 3. The Morgan fingerprint density at radius 1 is 1.33 bits per heavy atom. The van der Waals surface area contributed by atoms with Crippen LogP contribution >= 0.6 is 0 Å². The highest BCUT2D eigenvalue weighted by atomic mass is 16.5. The van der Waals surface area contributed by atoms with Gasteiger partial charge in [-0.3, -0.25) is 10.1 Å². The van der Waals surface area contributed by atoms with E-state index in [-0.39, 0.29) is 0 Å². The molecule has 1 saturated heterocycles. The number of guanidine groups is 1. The lowest BCUT2D eigenvalue weighted by atomic mass is 9.96. The van der Waals surface area contributed by atoms with Gasteiger partial charge in [0.15, 0.2) is 5.96 Å². The summed E-state index contributed by atoms with van der Waals surface area (Å²) in [5.74, 6) is 3.81. The van der Waals surface area contributed by atoms with Crippen molar-refractivity contribution in [3.8, 4) is 5.75 Å². The second-order valence-corrected chi connectivity index (χ2v) is 7.15. The number of nitrogens with one attached hydrogen (secondary N) is 2. The highest BCUT2D eigenvalue weighted by Gasteiger charge is 2.24. The lowest BCUT2D eigenvalue weighted by Gasteiger charge is -2.33. The number of para-hydroxylation sites is 1. The normalized spacial score (nSPS) is 16.0. The number of piperidine rings is 1. The van der Waals surface area contributed by atoms with E-state index in [0.717, 1.165) is 50.0 Å². The van der Waals surface area contributed by atoms with E-state index in [2.05, 4.69) is 56.4 Å². The van der Waals surface area contributed by atoms with Crippen molar-refractivity contribution >= 4 is 5.96 Å². The third-order valence-corrected chi connectivity index (χ3v) is 5.01. The molecule has 2 aromatic rings. The van der Waals surface area contributed by atoms with E-state index in [1.165, 1.54) is 5.56 Å². The van der Waals surface area contributed by atoms with Gasteiger partial charge in [0.2, 0.25) is 0 Å². The second-order valence-electron chi connectivity index (χ2n) is 7.15. The fourth-order valence-corrected chi connectivity index (χ4v) is 3.52. The highest BCUT2D eigenvalue weighted by Crippen LogP contribution is 2.26. The minimum Gasteiger partial charge on any atom is -0.491 e. The minimum atomic E-state index is 0.451. The average Bonchev–Trinajstić information content (AvgIpc) is 3.23. The molecule has 0 unspecified atom stereocenters. The van der Waals surface area contributed by atoms with Gasteiger partial charge in [-0.1, -0.05) is 32.0 Å². The summed E-state index contributed by atoms with van der Waals surface area (Å²) in [7, 11) is 1.83. The van der Waals surface area contributed by atoms with Crippen LogP contribution in [0.4, 0.5) is 0 Å². The summed E-state index contributed by atoms with van der Waals surface area (Å²) < 4.78 is 5.99. The summed E-state index contributed by atoms with van der Waals surface area (Å²) in [5, 5.41) is 10.4. The fraction of sp³-hybridized carbons (Fsp3) is 0.550. The summed E-state index contributed by atoms with van der Waals surface area (Å²) in [6.07, 6.45) is 3.68. The van der Waals surface area contributed by atoms with Crippen molar-refractivity contribution in [2.24, 2.45) is 4.99 Å². The Hall–Kier alpha value is -2.57. The van der Waals surface area contributed by atoms with Crippen LogP contribution in [0.3, 0.4) is 0 Å². The topological polar surface area (TPSA) is 78.4 Å². The van der Waals surface area contributed by atoms with Crippen molar-refractivity contribution < 1.29 is 4.74 Å². The summed E-state index contributed by atoms with van der Waals surface area (Å²) in [6, 6.07) is 8.25. The zero-order valence-corrected chi connectivity index (χ0v) is 16.5. The third kappa shape index (κ3) is 4.99. The molecule has 0 amide bonds. The summed E-state index contributed by atoms with van der Waals surface area (Å²) in [5.41, 5.74) is 1.25. The van der Waals surface area contributed by atoms with E-state index in [9.17, 15) is 0 Å². The molecule has 0 radical (unpaired) electrons. The van der Waals surface area contributed by atoms with Gasteiger partial charge in [0.1, 0.15) is 24.5 Å². The number of aromatic amines is 1. The Morgan fingerprint density at radius 2 is 2.11 bits per heavy atom. The first kappa shape index (κ1) is 19.2. The van der Waals surface area contributed by atoms with Gasteiger partial charge in [-0.05, 0) is 30.4 Å². The molecule has 1 aromatic carbocycles. The second kappa shape index (κ2) is 9.39. The molecule has 0 aliphatic carbocycles. The lowest BCUT2D eigenvalue weighted by molar-refractivity contribution is 0.289. The number of hydrogen-bond acceptors (Lipinski definition) is 4. The van der Waals surface area contributed by atoms with Crippen LogP contribution in [0.5, 0.6) is 5.75 Å². The molecule has 0 spiro atoms. The van der Waals surface area contributed by atoms with Crippen molar-refractivity contribution in [1.29, 1.82) is 0 Å². The molecule has 27 heavy (non-hydrogen) atoms. The molecule has 1 aromatic heterocycles. The molecular weight excluding hydrogens is 340 g/mol. The van der Waals surface area contributed by atoms with Gasteiger partial charge in [0.25, 0.3) is 0 Å². The molecule has 2 heterocycles. The van der Waals surface area contributed by atoms with Gasteiger partial charge in [0, 0.05) is 26.1 Å². The van der Waals surface area contributed by atoms with E-state index >= 15 is 0 Å². The Labute approximate surface area is 161 Å². The summed E-state index contributed by atoms with van der Waals surface area (Å²) in [4.78, 5) is 11.0. The van der Waals surface area contributed by atoms with Crippen LogP contribution in [0.15, 0.2) is 35.6 Å². The monoisotopic (exact) mass is 370 g/mol. The van der Waals surface area contributed by atoms with Gasteiger partial charge >= 0.3 is 0 Å². The molecule has 0 atom stereocenters. The molecule has 0 saturated carbocycles. The number of hydrogen-bond donors (Lipinski definition) is 2. The molecule has 1 aliphatic rings. The Kier molecular flexibility index (Phi) is 6.68. The van der Waals surface area contributed by atoms with Gasteiger partial charge in [-0.15, -0.1) is 0 Å². The molecule has 2 N–H and O–H groups in total. The standard InChI is InChI=1S/C20H30N6O/c1-15(2)17-6-4-5-7-18(17)27-13-10-22-20(21-3)26-11-8-16(9-12-26)19-23-14-24-25-19/h4-7,14-16H,8-13H2,1-3H3,(H,21,22)(H,23,24,25). The van der Waals surface area contributed by atoms with Gasteiger partial charge in [0.05, 0.1) is 6.54 Å². The fourth-order valence-electron chi connectivity index (χ4n) is 3.52. The Bertz CT molecular complexity index is 720. The van der Waals surface area contributed by atoms with Crippen LogP contribution in [0, 0.1) is 0 Å². The summed E-state index contributed by atoms with van der Waals surface area (Å²) >= 11 is 0. The van der Waals surface area contributed by atoms with Crippen molar-refractivity contribution in [2.75, 3.05) is 33.3 Å². The van der Waals surface area contributed by atoms with E-state index in [0.29, 0.717) is 18.4 Å². The summed E-state index contributed by atoms with van der Waals surface area (Å²) in [6.45, 7) is 7.62. The van der Waals surface area contributed by atoms with Crippen LogP contribution in [0.2, 0.25) is 0 Å². The predicted octanol–water partition coefficient (Wildman–Crippen LogP) is 2.76. The molecule has 0 bridgehead atoms. The van der Waals surface area contributed by atoms with Gasteiger partial charge in [-0.2, -0.15) is 5.10 Å². The first-order chi connectivity index (χ1) is 13.2. The maximum atomic E-state index is 5.99. The van der Waals surface area contributed by atoms with Crippen LogP contribution in [-0.4, -0.2) is 59.3 Å². The van der Waals surface area contributed by atoms with Crippen LogP contribution in [0.1, 0.15) is 49.9 Å². The minimum absolute atomic E-state index is 0.451. The quantitative estimate of drug-likeness (QED) is 0.464. The number of benzene rings is 1. The van der Waals surface area contributed by atoms with Crippen molar-refractivity contribution in [3.63, 3.8) is 0 Å². The third-order valence-electron chi connectivity index (χ3n) is 5.01. The van der Waals surface area contributed by atoms with Crippen molar-refractivity contribution in [3.05, 3.63) is 42.0 Å². The Morgan fingerprint density at radius 3 is 2.78 bits per heavy atom. The molecule has 3 rings (SSSR count). The van der Waals surface area contributed by atoms with E-state index in [4.69, 9.17) is 4.74 Å². The predicted molar refractivity (Wildman–Crippen MR) is 107 cm³/mol. The number of aliphatic imine (C=N–C) groups is 1. The van der Waals surface area contributed by atoms with Gasteiger partial charge < -0.3 is 15.0 Å². The number of rotatable bonds is 6. The number of H-pyrrole nitrogens is 1. The van der Waals surface area contributed by atoms with E-state index in [1.807, 2.05) is 19.2 Å². The van der Waals surface area contributed by atoms with Crippen LogP contribution in [0.25, 0.3) is 0 Å². The van der Waals surface area contributed by atoms with E-state index in [1.54, 1.807) is 6.33 Å². The molecular formula is C20H30N6O. The zero-order chi connectivity index (χ0) is 19.1. The Balaban J connectivity index is 1.44. The van der Waals surface area contributed by atoms with Crippen molar-refractivity contribution in [2.45, 2.75) is 38.5 Å². The molecule has 146 valence electrons. The SMILES string of the molecule is CN=C(NCCOc1ccccc1C(C)C)N1CCC(c2ncn[nH]2)CC1. The van der Waals surface area contributed by atoms with Crippen molar-refractivity contribution in [1.82, 2.24) is 25.4 Å². The largest absolute Gasteiger partial charge is 0.491 e. The van der Waals surface area contributed by atoms with Crippen LogP contribution in [-0.2, 0) is 0 Å². The first-order valence-electron chi connectivity index (χ1n) is 9.71. The lowest BCUT2D eigenvalue weighted by Crippen LogP contribution is -2.46. The number of likely N-dealkylation sites (tertiary alicyclic amines) is 1. The first-order valence-corrected chi connectivity index (χ1v) is 9.71. The average molecular weight is 371 g/mol. The zero-order valence-electron chi connectivity index (χ0n) is 16.5. The molecule has 1 fully saturated rings. The molecule has 7 heteroatoms. The maximum Gasteiger partial charge on any atom is 0.193 e. The number of ether oxygens (including phenoxy) is 1. The smallest absolute Gasteiger partial charge is 0.193 e. The maximum absolute atomic E-state index is 5.99. The molecule has 7 nitrogen and oxygen atoms in total. The highest BCUT2D eigenvalue weighted by molar-refractivity contribution is 5.79. The van der Waals surface area contributed by atoms with Crippen LogP contribution < -0.4 is 10.1 Å². The molecule has 1 aliphatic heterocycles. The van der Waals surface area contributed by atoms with Gasteiger partial charge in [-0.25, -0.2) is 4.98 Å². The van der Waals surface area contributed by atoms with E-state index < -0.39 is 0 Å².